The van der Waals surface area contributed by atoms with Crippen LogP contribution in [0.15, 0.2) is 24.3 Å². The summed E-state index contributed by atoms with van der Waals surface area (Å²) in [5.41, 5.74) is 0.276. The summed E-state index contributed by atoms with van der Waals surface area (Å²) < 4.78 is 5.62. The predicted molar refractivity (Wildman–Crippen MR) is 83.3 cm³/mol. The Morgan fingerprint density at radius 1 is 0.842 bits per heavy atom. The number of rotatable bonds is 11. The van der Waals surface area contributed by atoms with E-state index in [1.54, 1.807) is 0 Å². The Morgan fingerprint density at radius 3 is 1.89 bits per heavy atom. The summed E-state index contributed by atoms with van der Waals surface area (Å²) in [6.07, 6.45) is 15.2. The smallest absolute Gasteiger partial charge is 0.0514 e. The molecule has 19 heavy (non-hydrogen) atoms. The number of hydrogen-bond donors (Lipinski definition) is 1. The van der Waals surface area contributed by atoms with Crippen molar-refractivity contribution in [3.05, 3.63) is 24.3 Å². The SMILES string of the molecule is CC(C)(C)COCCCC=CCCC=CCCCO. The van der Waals surface area contributed by atoms with Crippen LogP contribution in [0.5, 0.6) is 0 Å². The van der Waals surface area contributed by atoms with E-state index in [9.17, 15) is 0 Å². The molecule has 0 fully saturated rings. The number of aliphatic hydroxyl groups excluding tert-OH is 1. The molecule has 0 bridgehead atoms. The molecule has 0 aromatic rings. The highest BCUT2D eigenvalue weighted by Crippen LogP contribution is 2.12. The second kappa shape index (κ2) is 12.4. The van der Waals surface area contributed by atoms with Crippen LogP contribution >= 0.6 is 0 Å². The Balaban J connectivity index is 3.24. The molecular weight excluding hydrogens is 236 g/mol. The van der Waals surface area contributed by atoms with Gasteiger partial charge in [-0.05, 0) is 43.9 Å². The summed E-state index contributed by atoms with van der Waals surface area (Å²) in [6, 6.07) is 0. The molecule has 0 saturated carbocycles. The molecule has 0 aliphatic carbocycles. The number of unbranched alkanes of at least 4 members (excludes halogenated alkanes) is 3. The van der Waals surface area contributed by atoms with Crippen molar-refractivity contribution >= 4 is 0 Å². The van der Waals surface area contributed by atoms with Gasteiger partial charge in [0.25, 0.3) is 0 Å². The Bertz CT molecular complexity index is 236. The fraction of sp³-hybridized carbons (Fsp3) is 0.765. The van der Waals surface area contributed by atoms with Crippen LogP contribution in [0, 0.1) is 5.41 Å². The van der Waals surface area contributed by atoms with Crippen molar-refractivity contribution in [2.24, 2.45) is 5.41 Å². The lowest BCUT2D eigenvalue weighted by Gasteiger charge is -2.17. The third-order valence-corrected chi connectivity index (χ3v) is 2.56. The van der Waals surface area contributed by atoms with Gasteiger partial charge >= 0.3 is 0 Å². The molecule has 112 valence electrons. The van der Waals surface area contributed by atoms with Crippen molar-refractivity contribution in [2.75, 3.05) is 19.8 Å². The van der Waals surface area contributed by atoms with E-state index in [2.05, 4.69) is 45.1 Å². The Labute approximate surface area is 119 Å². The molecule has 2 nitrogen and oxygen atoms in total. The Morgan fingerprint density at radius 2 is 1.37 bits per heavy atom. The maximum absolute atomic E-state index is 8.62. The van der Waals surface area contributed by atoms with Crippen molar-refractivity contribution in [1.82, 2.24) is 0 Å². The zero-order valence-corrected chi connectivity index (χ0v) is 13.0. The van der Waals surface area contributed by atoms with Gasteiger partial charge in [-0.25, -0.2) is 0 Å². The van der Waals surface area contributed by atoms with E-state index >= 15 is 0 Å². The molecule has 0 aromatic carbocycles. The van der Waals surface area contributed by atoms with Crippen molar-refractivity contribution in [2.45, 2.75) is 59.3 Å². The van der Waals surface area contributed by atoms with Crippen LogP contribution in [0.4, 0.5) is 0 Å². The number of hydrogen-bond acceptors (Lipinski definition) is 2. The molecule has 0 radical (unpaired) electrons. The molecular formula is C17H32O2. The van der Waals surface area contributed by atoms with Gasteiger partial charge in [-0.3, -0.25) is 0 Å². The Hall–Kier alpha value is -0.600. The van der Waals surface area contributed by atoms with Crippen molar-refractivity contribution in [3.8, 4) is 0 Å². The average Bonchev–Trinajstić information content (AvgIpc) is 2.34. The lowest BCUT2D eigenvalue weighted by Crippen LogP contribution is -2.14. The monoisotopic (exact) mass is 268 g/mol. The maximum Gasteiger partial charge on any atom is 0.0514 e. The van der Waals surface area contributed by atoms with Crippen molar-refractivity contribution < 1.29 is 9.84 Å². The number of allylic oxidation sites excluding steroid dienone is 4. The minimum Gasteiger partial charge on any atom is -0.396 e. The van der Waals surface area contributed by atoms with Crippen LogP contribution in [0.25, 0.3) is 0 Å². The lowest BCUT2D eigenvalue weighted by molar-refractivity contribution is 0.0701. The van der Waals surface area contributed by atoms with E-state index in [4.69, 9.17) is 9.84 Å². The van der Waals surface area contributed by atoms with Gasteiger partial charge in [0.2, 0.25) is 0 Å². The van der Waals surface area contributed by atoms with Crippen LogP contribution < -0.4 is 0 Å². The third kappa shape index (κ3) is 17.4. The average molecular weight is 268 g/mol. The van der Waals surface area contributed by atoms with Crippen molar-refractivity contribution in [1.29, 1.82) is 0 Å². The molecule has 0 spiro atoms. The van der Waals surface area contributed by atoms with Crippen LogP contribution in [0.3, 0.4) is 0 Å². The highest BCUT2D eigenvalue weighted by molar-refractivity contribution is 4.88. The lowest BCUT2D eigenvalue weighted by atomic mass is 9.99. The minimum absolute atomic E-state index is 0.276. The summed E-state index contributed by atoms with van der Waals surface area (Å²) in [5, 5.41) is 8.62. The molecule has 0 aliphatic heterocycles. The first-order valence-electron chi connectivity index (χ1n) is 7.55. The normalized spacial score (nSPS) is 12.8. The molecule has 0 aliphatic rings. The second-order valence-corrected chi connectivity index (χ2v) is 6.14. The zero-order valence-electron chi connectivity index (χ0n) is 13.0. The van der Waals surface area contributed by atoms with Gasteiger partial charge in [0, 0.05) is 13.2 Å². The van der Waals surface area contributed by atoms with Crippen LogP contribution in [0.2, 0.25) is 0 Å². The summed E-state index contributed by atoms with van der Waals surface area (Å²) in [6.45, 7) is 8.59. The van der Waals surface area contributed by atoms with Gasteiger partial charge in [0.15, 0.2) is 0 Å². The molecule has 0 amide bonds. The first-order chi connectivity index (χ1) is 9.06. The van der Waals surface area contributed by atoms with Crippen LogP contribution in [0.1, 0.15) is 59.3 Å². The van der Waals surface area contributed by atoms with E-state index in [1.807, 2.05) is 0 Å². The summed E-state index contributed by atoms with van der Waals surface area (Å²) in [4.78, 5) is 0. The summed E-state index contributed by atoms with van der Waals surface area (Å²) >= 11 is 0. The molecule has 1 N–H and O–H groups in total. The largest absolute Gasteiger partial charge is 0.396 e. The number of aliphatic hydroxyl groups is 1. The van der Waals surface area contributed by atoms with Gasteiger partial charge in [-0.15, -0.1) is 0 Å². The molecule has 0 aromatic heterocycles. The fourth-order valence-electron chi connectivity index (χ4n) is 1.55. The molecule has 0 rings (SSSR count). The van der Waals surface area contributed by atoms with Gasteiger partial charge in [-0.2, -0.15) is 0 Å². The second-order valence-electron chi connectivity index (χ2n) is 6.14. The van der Waals surface area contributed by atoms with Gasteiger partial charge in [0.05, 0.1) is 6.61 Å². The fourth-order valence-corrected chi connectivity index (χ4v) is 1.55. The Kier molecular flexibility index (Phi) is 12.0. The quantitative estimate of drug-likeness (QED) is 0.442. The van der Waals surface area contributed by atoms with E-state index in [0.29, 0.717) is 6.61 Å². The molecule has 2 heteroatoms. The standard InChI is InChI=1S/C17H32O2/c1-17(2,3)16-19-15-13-11-9-7-5-4-6-8-10-12-14-18/h6-9,18H,4-5,10-16H2,1-3H3. The van der Waals surface area contributed by atoms with E-state index in [1.165, 1.54) is 0 Å². The predicted octanol–water partition coefficient (Wildman–Crippen LogP) is 4.49. The third-order valence-electron chi connectivity index (χ3n) is 2.56. The molecule has 0 heterocycles. The van der Waals surface area contributed by atoms with Gasteiger partial charge in [0.1, 0.15) is 0 Å². The van der Waals surface area contributed by atoms with Crippen LogP contribution in [-0.2, 0) is 4.74 Å². The molecule has 0 saturated heterocycles. The summed E-state index contributed by atoms with van der Waals surface area (Å²) in [7, 11) is 0. The maximum atomic E-state index is 8.62. The first-order valence-corrected chi connectivity index (χ1v) is 7.55. The van der Waals surface area contributed by atoms with Crippen LogP contribution in [-0.4, -0.2) is 24.9 Å². The van der Waals surface area contributed by atoms with E-state index in [-0.39, 0.29) is 5.41 Å². The van der Waals surface area contributed by atoms with E-state index in [0.717, 1.165) is 51.7 Å². The van der Waals surface area contributed by atoms with Crippen molar-refractivity contribution in [3.63, 3.8) is 0 Å². The molecule has 0 unspecified atom stereocenters. The van der Waals surface area contributed by atoms with Gasteiger partial charge < -0.3 is 9.84 Å². The highest BCUT2D eigenvalue weighted by atomic mass is 16.5. The zero-order chi connectivity index (χ0) is 14.4. The van der Waals surface area contributed by atoms with E-state index < -0.39 is 0 Å². The molecule has 0 atom stereocenters. The topological polar surface area (TPSA) is 29.5 Å². The number of ether oxygens (including phenoxy) is 1. The first kappa shape index (κ1) is 18.4. The minimum atomic E-state index is 0.276. The van der Waals surface area contributed by atoms with Gasteiger partial charge in [-0.1, -0.05) is 45.1 Å². The summed E-state index contributed by atoms with van der Waals surface area (Å²) in [5.74, 6) is 0. The highest BCUT2D eigenvalue weighted by Gasteiger charge is 2.08.